The van der Waals surface area contributed by atoms with Gasteiger partial charge in [-0.25, -0.2) is 0 Å². The maximum absolute atomic E-state index is 12.9. The molecule has 2 fully saturated rings. The van der Waals surface area contributed by atoms with Gasteiger partial charge in [0.2, 0.25) is 0 Å². The molecule has 1 saturated heterocycles. The molecule has 1 saturated carbocycles. The van der Waals surface area contributed by atoms with E-state index in [0.29, 0.717) is 38.3 Å². The number of hydrogen-bond donors (Lipinski definition) is 0. The van der Waals surface area contributed by atoms with Crippen molar-refractivity contribution in [1.29, 1.82) is 0 Å². The molecule has 37 heavy (non-hydrogen) atoms. The third kappa shape index (κ3) is 6.28. The quantitative estimate of drug-likeness (QED) is 0.390. The summed E-state index contributed by atoms with van der Waals surface area (Å²) in [6, 6.07) is 8.16. The normalized spacial score (nSPS) is 24.8. The van der Waals surface area contributed by atoms with Crippen LogP contribution in [-0.4, -0.2) is 71.0 Å². The maximum Gasteiger partial charge on any atom is 0.414 e. The van der Waals surface area contributed by atoms with Gasteiger partial charge in [-0.3, -0.25) is 9.47 Å². The number of imidazole rings is 1. The molecule has 3 aliphatic rings. The van der Waals surface area contributed by atoms with E-state index in [-0.39, 0.29) is 30.8 Å². The topological polar surface area (TPSA) is 85.9 Å². The Kier molecular flexibility index (Phi) is 7.45. The lowest BCUT2D eigenvalue weighted by molar-refractivity contribution is -0.389. The van der Waals surface area contributed by atoms with Crippen molar-refractivity contribution in [3.05, 3.63) is 40.6 Å². The number of halogens is 3. The predicted molar refractivity (Wildman–Crippen MR) is 130 cm³/mol. The molecule has 3 heterocycles. The Morgan fingerprint density at radius 3 is 2.38 bits per heavy atom. The predicted octanol–water partition coefficient (Wildman–Crippen LogP) is 4.51. The van der Waals surface area contributed by atoms with Gasteiger partial charge in [0, 0.05) is 56.4 Å². The fourth-order valence-electron chi connectivity index (χ4n) is 5.50. The lowest BCUT2D eigenvalue weighted by Crippen LogP contribution is -2.48. The van der Waals surface area contributed by atoms with Gasteiger partial charge in [-0.1, -0.05) is 0 Å². The summed E-state index contributed by atoms with van der Waals surface area (Å²) in [5.41, 5.74) is 1.11. The fourth-order valence-corrected chi connectivity index (χ4v) is 5.50. The number of ether oxygens (including phenoxy) is 2. The molecule has 0 unspecified atom stereocenters. The number of anilines is 1. The van der Waals surface area contributed by atoms with Crippen LogP contribution in [0.4, 0.5) is 24.7 Å². The average Bonchev–Trinajstić information content (AvgIpc) is 3.32. The van der Waals surface area contributed by atoms with E-state index in [2.05, 4.69) is 14.8 Å². The number of benzene rings is 1. The number of nitro groups is 1. The van der Waals surface area contributed by atoms with Gasteiger partial charge >= 0.3 is 18.0 Å². The van der Waals surface area contributed by atoms with E-state index in [4.69, 9.17) is 9.47 Å². The van der Waals surface area contributed by atoms with E-state index in [1.807, 2.05) is 24.3 Å². The van der Waals surface area contributed by atoms with Crippen molar-refractivity contribution in [2.45, 2.75) is 50.9 Å². The minimum Gasteiger partial charge on any atom is -0.490 e. The summed E-state index contributed by atoms with van der Waals surface area (Å²) in [6.45, 7) is 5.38. The Morgan fingerprint density at radius 1 is 1.03 bits per heavy atom. The van der Waals surface area contributed by atoms with Crippen LogP contribution in [-0.2, 0) is 6.54 Å². The first-order valence-electron chi connectivity index (χ1n) is 12.9. The van der Waals surface area contributed by atoms with Gasteiger partial charge in [-0.2, -0.15) is 13.2 Å². The van der Waals surface area contributed by atoms with E-state index in [9.17, 15) is 23.3 Å². The van der Waals surface area contributed by atoms with Crippen molar-refractivity contribution >= 4 is 11.5 Å². The van der Waals surface area contributed by atoms with E-state index >= 15 is 0 Å². The minimum absolute atomic E-state index is 0.221. The first kappa shape index (κ1) is 25.6. The summed E-state index contributed by atoms with van der Waals surface area (Å²) < 4.78 is 52.0. The molecule has 202 valence electrons. The molecule has 0 N–H and O–H groups in total. The number of hydrogen-bond acceptors (Lipinski definition) is 7. The average molecular weight is 524 g/mol. The molecule has 1 aliphatic carbocycles. The lowest BCUT2D eigenvalue weighted by Gasteiger charge is -2.39. The van der Waals surface area contributed by atoms with Crippen LogP contribution in [0.3, 0.4) is 0 Å². The highest BCUT2D eigenvalue weighted by Crippen LogP contribution is 2.39. The number of alkyl halides is 3. The number of rotatable bonds is 7. The van der Waals surface area contributed by atoms with E-state index in [0.717, 1.165) is 44.2 Å². The second kappa shape index (κ2) is 10.8. The summed E-state index contributed by atoms with van der Waals surface area (Å²) in [6.07, 6.45) is -0.352. The zero-order chi connectivity index (χ0) is 26.0. The molecule has 1 aromatic carbocycles. The molecular weight excluding hydrogens is 491 g/mol. The first-order valence-corrected chi connectivity index (χ1v) is 12.9. The summed E-state index contributed by atoms with van der Waals surface area (Å²) in [7, 11) is 0. The number of piperazine rings is 1. The van der Waals surface area contributed by atoms with Crippen molar-refractivity contribution in [3.8, 4) is 11.8 Å². The van der Waals surface area contributed by atoms with Gasteiger partial charge in [0.1, 0.15) is 24.7 Å². The summed E-state index contributed by atoms with van der Waals surface area (Å²) in [5.74, 6) is -0.248. The van der Waals surface area contributed by atoms with Gasteiger partial charge in [-0.15, -0.1) is 0 Å². The van der Waals surface area contributed by atoms with Crippen molar-refractivity contribution < 1.29 is 27.6 Å². The van der Waals surface area contributed by atoms with Crippen molar-refractivity contribution in [1.82, 2.24) is 14.5 Å². The van der Waals surface area contributed by atoms with Crippen LogP contribution in [0.1, 0.15) is 32.1 Å². The molecule has 2 aliphatic heterocycles. The van der Waals surface area contributed by atoms with E-state index < -0.39 is 17.0 Å². The van der Waals surface area contributed by atoms with Crippen LogP contribution in [0.5, 0.6) is 11.8 Å². The molecule has 0 bridgehead atoms. The van der Waals surface area contributed by atoms with Crippen LogP contribution >= 0.6 is 0 Å². The Labute approximate surface area is 213 Å². The molecule has 2 aromatic rings. The van der Waals surface area contributed by atoms with E-state index in [1.165, 1.54) is 6.20 Å². The Balaban J connectivity index is 1.03. The lowest BCUT2D eigenvalue weighted by atomic mass is 9.81. The minimum atomic E-state index is -4.05. The van der Waals surface area contributed by atoms with Crippen molar-refractivity contribution in [2.24, 2.45) is 11.8 Å². The third-order valence-electron chi connectivity index (χ3n) is 7.71. The SMILES string of the molecule is O=[N+]([O-])c1cn2c(n1)O[C@@H](COc1ccc(N3CCN(CC4CCC(C(F)(F)F)CC4)CC3)cc1)CC2. The smallest absolute Gasteiger partial charge is 0.414 e. The highest BCUT2D eigenvalue weighted by atomic mass is 19.4. The van der Waals surface area contributed by atoms with Crippen LogP contribution in [0.2, 0.25) is 0 Å². The van der Waals surface area contributed by atoms with Crippen LogP contribution < -0.4 is 14.4 Å². The highest BCUT2D eigenvalue weighted by Gasteiger charge is 2.41. The molecule has 5 rings (SSSR count). The third-order valence-corrected chi connectivity index (χ3v) is 7.71. The molecule has 12 heteroatoms. The summed E-state index contributed by atoms with van der Waals surface area (Å²) >= 11 is 0. The highest BCUT2D eigenvalue weighted by molar-refractivity contribution is 5.49. The summed E-state index contributed by atoms with van der Waals surface area (Å²) in [5, 5.41) is 10.9. The second-order valence-electron chi connectivity index (χ2n) is 10.2. The number of fused-ring (bicyclic) bond motifs is 1. The van der Waals surface area contributed by atoms with Gasteiger partial charge in [0.05, 0.1) is 5.92 Å². The van der Waals surface area contributed by atoms with Crippen LogP contribution in [0.25, 0.3) is 0 Å². The summed E-state index contributed by atoms with van der Waals surface area (Å²) in [4.78, 5) is 19.0. The maximum atomic E-state index is 12.9. The number of nitrogens with zero attached hydrogens (tertiary/aromatic N) is 5. The Bertz CT molecular complexity index is 1060. The molecule has 9 nitrogen and oxygen atoms in total. The zero-order valence-electron chi connectivity index (χ0n) is 20.6. The monoisotopic (exact) mass is 523 g/mol. The number of aryl methyl sites for hydroxylation is 1. The second-order valence-corrected chi connectivity index (χ2v) is 10.2. The fraction of sp³-hybridized carbons (Fsp3) is 0.640. The molecule has 0 spiro atoms. The molecule has 0 radical (unpaired) electrons. The van der Waals surface area contributed by atoms with Gasteiger partial charge in [0.15, 0.2) is 0 Å². The standard InChI is InChI=1S/C25H32F3N5O4/c26-25(27,28)19-3-1-18(2-4-19)15-30-11-13-31(14-12-30)20-5-7-21(8-6-20)36-17-22-9-10-32-16-23(33(34)35)29-24(32)37-22/h5-8,16,18-19,22H,1-4,9-15,17H2/t18?,19?,22-/m1/s1. The number of aromatic nitrogens is 2. The molecule has 1 atom stereocenters. The molecule has 1 aromatic heterocycles. The van der Waals surface area contributed by atoms with Crippen LogP contribution in [0.15, 0.2) is 30.5 Å². The van der Waals surface area contributed by atoms with Gasteiger partial charge < -0.3 is 24.5 Å². The van der Waals surface area contributed by atoms with Crippen LogP contribution in [0, 0.1) is 22.0 Å². The van der Waals surface area contributed by atoms with E-state index in [1.54, 1.807) is 4.57 Å². The zero-order valence-corrected chi connectivity index (χ0v) is 20.6. The van der Waals surface area contributed by atoms with Gasteiger partial charge in [-0.05, 0) is 60.8 Å². The molecule has 0 amide bonds. The largest absolute Gasteiger partial charge is 0.490 e. The first-order chi connectivity index (χ1) is 17.7. The Hall–Kier alpha value is -3.02. The molecular formula is C25H32F3N5O4. The van der Waals surface area contributed by atoms with Crippen molar-refractivity contribution in [3.63, 3.8) is 0 Å². The Morgan fingerprint density at radius 2 is 1.73 bits per heavy atom. The van der Waals surface area contributed by atoms with Gasteiger partial charge in [0.25, 0.3) is 0 Å². The van der Waals surface area contributed by atoms with Crippen molar-refractivity contribution in [2.75, 3.05) is 44.2 Å².